The van der Waals surface area contributed by atoms with Crippen molar-refractivity contribution in [3.05, 3.63) is 20.8 Å². The Morgan fingerprint density at radius 2 is 2.42 bits per heavy atom. The van der Waals surface area contributed by atoms with E-state index in [0.717, 1.165) is 15.8 Å². The zero-order valence-electron chi connectivity index (χ0n) is 6.83. The van der Waals surface area contributed by atoms with E-state index < -0.39 is 6.10 Å². The Morgan fingerprint density at radius 3 is 2.83 bits per heavy atom. The van der Waals surface area contributed by atoms with Gasteiger partial charge in [-0.15, -0.1) is 11.3 Å². The van der Waals surface area contributed by atoms with Crippen LogP contribution in [0.5, 0.6) is 0 Å². The van der Waals surface area contributed by atoms with Gasteiger partial charge in [-0.05, 0) is 33.8 Å². The zero-order chi connectivity index (χ0) is 9.14. The molecule has 3 N–H and O–H groups in total. The van der Waals surface area contributed by atoms with Gasteiger partial charge in [0.25, 0.3) is 0 Å². The first-order chi connectivity index (χ1) is 5.66. The minimum Gasteiger partial charge on any atom is -0.386 e. The maximum Gasteiger partial charge on any atom is 0.104 e. The van der Waals surface area contributed by atoms with Crippen molar-refractivity contribution in [2.45, 2.75) is 25.5 Å². The Labute approximate surface area is 84.5 Å². The molecule has 2 nitrogen and oxygen atoms in total. The molecule has 1 heterocycles. The monoisotopic (exact) mass is 249 g/mol. The molecule has 2 unspecified atom stereocenters. The second-order valence-electron chi connectivity index (χ2n) is 2.65. The van der Waals surface area contributed by atoms with E-state index in [-0.39, 0.29) is 6.04 Å². The number of rotatable bonds is 3. The summed E-state index contributed by atoms with van der Waals surface area (Å²) >= 11 is 4.88. The Hall–Kier alpha value is 0.100. The molecular weight excluding hydrogens is 238 g/mol. The van der Waals surface area contributed by atoms with Gasteiger partial charge in [0.1, 0.15) is 6.10 Å². The molecule has 1 rings (SSSR count). The predicted molar refractivity (Wildman–Crippen MR) is 55.2 cm³/mol. The molecule has 2 atom stereocenters. The highest BCUT2D eigenvalue weighted by Gasteiger charge is 2.18. The van der Waals surface area contributed by atoms with Crippen LogP contribution in [0.15, 0.2) is 15.9 Å². The van der Waals surface area contributed by atoms with Crippen molar-refractivity contribution in [3.8, 4) is 0 Å². The van der Waals surface area contributed by atoms with Crippen molar-refractivity contribution >= 4 is 27.3 Å². The Bertz CT molecular complexity index is 251. The number of hydrogen-bond donors (Lipinski definition) is 2. The molecule has 68 valence electrons. The van der Waals surface area contributed by atoms with Crippen molar-refractivity contribution in [1.29, 1.82) is 0 Å². The average Bonchev–Trinajstić information content (AvgIpc) is 2.48. The summed E-state index contributed by atoms with van der Waals surface area (Å²) in [5, 5.41) is 11.6. The normalized spacial score (nSPS) is 16.0. The molecule has 0 bridgehead atoms. The highest BCUT2D eigenvalue weighted by Crippen LogP contribution is 2.30. The summed E-state index contributed by atoms with van der Waals surface area (Å²) in [6.45, 7) is 1.97. The van der Waals surface area contributed by atoms with E-state index in [9.17, 15) is 5.11 Å². The van der Waals surface area contributed by atoms with Gasteiger partial charge in [0.15, 0.2) is 0 Å². The molecule has 1 aromatic rings. The van der Waals surface area contributed by atoms with Gasteiger partial charge in [-0.25, -0.2) is 0 Å². The minimum atomic E-state index is -0.538. The van der Waals surface area contributed by atoms with Crippen molar-refractivity contribution < 1.29 is 5.11 Å². The van der Waals surface area contributed by atoms with Crippen LogP contribution in [0.25, 0.3) is 0 Å². The number of thiophene rings is 1. The lowest BCUT2D eigenvalue weighted by atomic mass is 10.1. The third-order valence-electron chi connectivity index (χ3n) is 1.79. The zero-order valence-corrected chi connectivity index (χ0v) is 9.23. The first kappa shape index (κ1) is 10.2. The molecular formula is C8H12BrNOS. The van der Waals surface area contributed by atoms with Crippen LogP contribution in [-0.2, 0) is 0 Å². The molecule has 0 amide bonds. The molecule has 0 radical (unpaired) electrons. The summed E-state index contributed by atoms with van der Waals surface area (Å²) in [6, 6.07) is 1.76. The predicted octanol–water partition coefficient (Wildman–Crippen LogP) is 2.28. The van der Waals surface area contributed by atoms with Crippen LogP contribution in [0, 0.1) is 0 Å². The summed E-state index contributed by atoms with van der Waals surface area (Å²) in [7, 11) is 0. The van der Waals surface area contributed by atoms with E-state index >= 15 is 0 Å². The minimum absolute atomic E-state index is 0.167. The smallest absolute Gasteiger partial charge is 0.104 e. The fourth-order valence-electron chi connectivity index (χ4n) is 0.934. The molecule has 12 heavy (non-hydrogen) atoms. The lowest BCUT2D eigenvalue weighted by Gasteiger charge is -2.15. The van der Waals surface area contributed by atoms with Gasteiger partial charge in [-0.2, -0.15) is 0 Å². The van der Waals surface area contributed by atoms with Crippen LogP contribution in [0.4, 0.5) is 0 Å². The fraction of sp³-hybridized carbons (Fsp3) is 0.500. The van der Waals surface area contributed by atoms with E-state index in [0.29, 0.717) is 0 Å². The maximum atomic E-state index is 9.71. The largest absolute Gasteiger partial charge is 0.386 e. The SMILES string of the molecule is CCC(N)C(O)c1sccc1Br. The average molecular weight is 250 g/mol. The quantitative estimate of drug-likeness (QED) is 0.864. The standard InChI is InChI=1S/C8H12BrNOS/c1-2-6(10)7(11)8-5(9)3-4-12-8/h3-4,6-7,11H,2,10H2,1H3. The highest BCUT2D eigenvalue weighted by molar-refractivity contribution is 9.10. The summed E-state index contributed by atoms with van der Waals surface area (Å²) < 4.78 is 0.948. The van der Waals surface area contributed by atoms with Crippen molar-refractivity contribution in [3.63, 3.8) is 0 Å². The van der Waals surface area contributed by atoms with Crippen LogP contribution in [0.3, 0.4) is 0 Å². The number of aliphatic hydroxyl groups is 1. The van der Waals surface area contributed by atoms with Crippen LogP contribution in [-0.4, -0.2) is 11.1 Å². The van der Waals surface area contributed by atoms with Gasteiger partial charge in [0.2, 0.25) is 0 Å². The molecule has 0 aliphatic heterocycles. The van der Waals surface area contributed by atoms with Gasteiger partial charge in [0.05, 0.1) is 0 Å². The molecule has 0 spiro atoms. The van der Waals surface area contributed by atoms with Crippen LogP contribution in [0.2, 0.25) is 0 Å². The van der Waals surface area contributed by atoms with Crippen molar-refractivity contribution in [2.75, 3.05) is 0 Å². The van der Waals surface area contributed by atoms with Crippen LogP contribution in [0.1, 0.15) is 24.3 Å². The second-order valence-corrected chi connectivity index (χ2v) is 4.45. The summed E-state index contributed by atoms with van der Waals surface area (Å²) in [4.78, 5) is 0.921. The lowest BCUT2D eigenvalue weighted by molar-refractivity contribution is 0.147. The van der Waals surface area contributed by atoms with Gasteiger partial charge in [0, 0.05) is 15.4 Å². The number of hydrogen-bond acceptors (Lipinski definition) is 3. The summed E-state index contributed by atoms with van der Waals surface area (Å²) in [5.41, 5.74) is 5.71. The Balaban J connectivity index is 2.77. The molecule has 1 aromatic heterocycles. The lowest BCUT2D eigenvalue weighted by Crippen LogP contribution is -2.26. The first-order valence-electron chi connectivity index (χ1n) is 3.83. The molecule has 0 aliphatic carbocycles. The Kier molecular flexibility index (Phi) is 3.71. The summed E-state index contributed by atoms with van der Waals surface area (Å²) in [5.74, 6) is 0. The van der Waals surface area contributed by atoms with Gasteiger partial charge < -0.3 is 10.8 Å². The van der Waals surface area contributed by atoms with Crippen LogP contribution >= 0.6 is 27.3 Å². The second kappa shape index (κ2) is 4.37. The molecule has 0 saturated heterocycles. The highest BCUT2D eigenvalue weighted by atomic mass is 79.9. The number of aliphatic hydroxyl groups excluding tert-OH is 1. The van der Waals surface area contributed by atoms with Crippen LogP contribution < -0.4 is 5.73 Å². The molecule has 4 heteroatoms. The molecule has 0 aromatic carbocycles. The van der Waals surface area contributed by atoms with E-state index in [4.69, 9.17) is 5.73 Å². The molecule has 0 aliphatic rings. The van der Waals surface area contributed by atoms with Gasteiger partial charge in [-0.1, -0.05) is 6.92 Å². The van der Waals surface area contributed by atoms with E-state index in [1.165, 1.54) is 11.3 Å². The van der Waals surface area contributed by atoms with Crippen molar-refractivity contribution in [1.82, 2.24) is 0 Å². The van der Waals surface area contributed by atoms with E-state index in [2.05, 4.69) is 15.9 Å². The summed E-state index contributed by atoms with van der Waals surface area (Å²) in [6.07, 6.45) is 0.246. The third kappa shape index (κ3) is 2.07. The maximum absolute atomic E-state index is 9.71. The topological polar surface area (TPSA) is 46.2 Å². The first-order valence-corrected chi connectivity index (χ1v) is 5.50. The third-order valence-corrected chi connectivity index (χ3v) is 3.73. The number of nitrogens with two attached hydrogens (primary N) is 1. The van der Waals surface area contributed by atoms with E-state index in [1.54, 1.807) is 0 Å². The molecule has 0 saturated carbocycles. The van der Waals surface area contributed by atoms with Crippen molar-refractivity contribution in [2.24, 2.45) is 5.73 Å². The van der Waals surface area contributed by atoms with Gasteiger partial charge >= 0.3 is 0 Å². The Morgan fingerprint density at radius 1 is 1.75 bits per heavy atom. The fourth-order valence-corrected chi connectivity index (χ4v) is 2.60. The molecule has 0 fully saturated rings. The number of halogens is 1. The van der Waals surface area contributed by atoms with Gasteiger partial charge in [-0.3, -0.25) is 0 Å². The van der Waals surface area contributed by atoms with E-state index in [1.807, 2.05) is 18.4 Å².